The maximum absolute atomic E-state index is 12.0. The third-order valence-corrected chi connectivity index (χ3v) is 4.28. The summed E-state index contributed by atoms with van der Waals surface area (Å²) in [5.41, 5.74) is 0.234. The first-order chi connectivity index (χ1) is 9.69. The number of hydrogen-bond donors (Lipinski definition) is 2. The molecule has 0 aliphatic heterocycles. The van der Waals surface area contributed by atoms with E-state index < -0.39 is 5.97 Å². The van der Waals surface area contributed by atoms with E-state index >= 15 is 0 Å². The molecule has 1 saturated carbocycles. The monoisotopic (exact) mass is 297 g/mol. The Morgan fingerprint density at radius 2 is 1.86 bits per heavy atom. The van der Waals surface area contributed by atoms with Gasteiger partial charge in [0.2, 0.25) is 5.91 Å². The van der Waals surface area contributed by atoms with E-state index in [1.165, 1.54) is 0 Å². The molecule has 4 heteroatoms. The quantitative estimate of drug-likeness (QED) is 0.789. The molecule has 0 heterocycles. The fraction of sp³-hybridized carbons (Fsp3) is 0.882. The highest BCUT2D eigenvalue weighted by atomic mass is 16.4. The lowest BCUT2D eigenvalue weighted by atomic mass is 9.79. The first-order valence-corrected chi connectivity index (χ1v) is 8.18. The van der Waals surface area contributed by atoms with Crippen molar-refractivity contribution in [1.82, 2.24) is 5.32 Å². The van der Waals surface area contributed by atoms with Crippen molar-refractivity contribution in [3.8, 4) is 0 Å². The van der Waals surface area contributed by atoms with Gasteiger partial charge in [-0.2, -0.15) is 0 Å². The van der Waals surface area contributed by atoms with Crippen molar-refractivity contribution in [2.45, 2.75) is 66.2 Å². The average Bonchev–Trinajstić information content (AvgIpc) is 2.34. The van der Waals surface area contributed by atoms with Gasteiger partial charge < -0.3 is 10.4 Å². The maximum Gasteiger partial charge on any atom is 0.306 e. The van der Waals surface area contributed by atoms with Crippen molar-refractivity contribution in [1.29, 1.82) is 0 Å². The van der Waals surface area contributed by atoms with Crippen LogP contribution < -0.4 is 5.32 Å². The molecule has 0 aromatic heterocycles. The zero-order valence-corrected chi connectivity index (χ0v) is 13.9. The number of aliphatic carboxylic acids is 1. The van der Waals surface area contributed by atoms with Gasteiger partial charge in [-0.25, -0.2) is 0 Å². The molecule has 0 aromatic rings. The molecule has 21 heavy (non-hydrogen) atoms. The van der Waals surface area contributed by atoms with Gasteiger partial charge in [-0.05, 0) is 36.5 Å². The molecule has 0 spiro atoms. The third-order valence-electron chi connectivity index (χ3n) is 4.28. The molecule has 0 saturated heterocycles. The minimum Gasteiger partial charge on any atom is -0.481 e. The van der Waals surface area contributed by atoms with Gasteiger partial charge in [0, 0.05) is 13.0 Å². The summed E-state index contributed by atoms with van der Waals surface area (Å²) in [6, 6.07) is 0. The van der Waals surface area contributed by atoms with E-state index in [-0.39, 0.29) is 23.2 Å². The van der Waals surface area contributed by atoms with E-state index in [1.807, 2.05) is 0 Å². The van der Waals surface area contributed by atoms with Crippen LogP contribution in [0.5, 0.6) is 0 Å². The van der Waals surface area contributed by atoms with Crippen LogP contribution in [0.1, 0.15) is 66.2 Å². The zero-order valence-electron chi connectivity index (χ0n) is 13.9. The predicted molar refractivity (Wildman–Crippen MR) is 83.9 cm³/mol. The van der Waals surface area contributed by atoms with Gasteiger partial charge in [-0.1, -0.05) is 40.5 Å². The summed E-state index contributed by atoms with van der Waals surface area (Å²) in [6.45, 7) is 9.16. The van der Waals surface area contributed by atoms with Crippen LogP contribution in [-0.4, -0.2) is 23.5 Å². The van der Waals surface area contributed by atoms with Crippen LogP contribution in [0.15, 0.2) is 0 Å². The summed E-state index contributed by atoms with van der Waals surface area (Å²) >= 11 is 0. The molecule has 1 amide bonds. The Hall–Kier alpha value is -1.06. The van der Waals surface area contributed by atoms with E-state index in [9.17, 15) is 14.7 Å². The summed E-state index contributed by atoms with van der Waals surface area (Å²) < 4.78 is 0. The second kappa shape index (κ2) is 7.81. The zero-order chi connectivity index (χ0) is 16.0. The molecular weight excluding hydrogens is 266 g/mol. The van der Waals surface area contributed by atoms with Gasteiger partial charge in [0.15, 0.2) is 0 Å². The van der Waals surface area contributed by atoms with E-state index in [2.05, 4.69) is 33.0 Å². The molecule has 2 N–H and O–H groups in total. The first-order valence-electron chi connectivity index (χ1n) is 8.18. The van der Waals surface area contributed by atoms with Crippen molar-refractivity contribution in [2.24, 2.45) is 23.2 Å². The van der Waals surface area contributed by atoms with E-state index in [0.717, 1.165) is 32.1 Å². The molecule has 0 aromatic carbocycles. The molecule has 122 valence electrons. The standard InChI is InChI=1S/C17H31NO3/c1-12(10-17(2,3)4)9-15(19)18-11-13-7-5-6-8-14(13)16(20)21/h12-14H,5-11H2,1-4H3,(H,18,19)(H,20,21). The largest absolute Gasteiger partial charge is 0.481 e. The van der Waals surface area contributed by atoms with E-state index in [4.69, 9.17) is 0 Å². The lowest BCUT2D eigenvalue weighted by Crippen LogP contribution is -2.37. The van der Waals surface area contributed by atoms with Gasteiger partial charge in [0.25, 0.3) is 0 Å². The van der Waals surface area contributed by atoms with Gasteiger partial charge in [-0.15, -0.1) is 0 Å². The van der Waals surface area contributed by atoms with Gasteiger partial charge >= 0.3 is 5.97 Å². The summed E-state index contributed by atoms with van der Waals surface area (Å²) in [4.78, 5) is 23.2. The van der Waals surface area contributed by atoms with Gasteiger partial charge in [0.05, 0.1) is 5.92 Å². The maximum atomic E-state index is 12.0. The Bertz CT molecular complexity index is 360. The Morgan fingerprint density at radius 3 is 2.43 bits per heavy atom. The summed E-state index contributed by atoms with van der Waals surface area (Å²) in [6.07, 6.45) is 5.27. The molecule has 4 nitrogen and oxygen atoms in total. The molecule has 1 rings (SSSR count). The number of carboxylic acid groups (broad SMARTS) is 1. The first kappa shape index (κ1) is 18.0. The number of carbonyl (C=O) groups is 2. The van der Waals surface area contributed by atoms with Crippen LogP contribution in [0.4, 0.5) is 0 Å². The summed E-state index contributed by atoms with van der Waals surface area (Å²) in [7, 11) is 0. The predicted octanol–water partition coefficient (Wildman–Crippen LogP) is 3.46. The Kier molecular flexibility index (Phi) is 6.69. The Morgan fingerprint density at radius 1 is 1.24 bits per heavy atom. The van der Waals surface area contributed by atoms with Crippen LogP contribution in [0.2, 0.25) is 0 Å². The highest BCUT2D eigenvalue weighted by Crippen LogP contribution is 2.30. The lowest BCUT2D eigenvalue weighted by Gasteiger charge is -2.29. The minimum atomic E-state index is -0.713. The number of carboxylic acids is 1. The van der Waals surface area contributed by atoms with Crippen molar-refractivity contribution < 1.29 is 14.7 Å². The average molecular weight is 297 g/mol. The smallest absolute Gasteiger partial charge is 0.306 e. The highest BCUT2D eigenvalue weighted by molar-refractivity contribution is 5.76. The molecule has 1 fully saturated rings. The topological polar surface area (TPSA) is 66.4 Å². The van der Waals surface area contributed by atoms with Gasteiger partial charge in [-0.3, -0.25) is 9.59 Å². The van der Waals surface area contributed by atoms with Crippen LogP contribution in [-0.2, 0) is 9.59 Å². The van der Waals surface area contributed by atoms with Crippen LogP contribution in [0, 0.1) is 23.2 Å². The van der Waals surface area contributed by atoms with E-state index in [0.29, 0.717) is 18.9 Å². The Labute approximate surface area is 128 Å². The lowest BCUT2D eigenvalue weighted by molar-refractivity contribution is -0.145. The molecule has 1 aliphatic carbocycles. The molecule has 0 radical (unpaired) electrons. The van der Waals surface area contributed by atoms with Crippen molar-refractivity contribution in [2.75, 3.05) is 6.54 Å². The third kappa shape index (κ3) is 6.96. The highest BCUT2D eigenvalue weighted by Gasteiger charge is 2.30. The van der Waals surface area contributed by atoms with Crippen molar-refractivity contribution in [3.05, 3.63) is 0 Å². The molecule has 3 atom stereocenters. The van der Waals surface area contributed by atoms with Crippen LogP contribution >= 0.6 is 0 Å². The van der Waals surface area contributed by atoms with Crippen LogP contribution in [0.25, 0.3) is 0 Å². The number of rotatable bonds is 6. The molecular formula is C17H31NO3. The van der Waals surface area contributed by atoms with Crippen molar-refractivity contribution in [3.63, 3.8) is 0 Å². The fourth-order valence-electron chi connectivity index (χ4n) is 3.53. The number of nitrogens with one attached hydrogen (secondary N) is 1. The van der Waals surface area contributed by atoms with Gasteiger partial charge in [0.1, 0.15) is 0 Å². The van der Waals surface area contributed by atoms with Crippen LogP contribution in [0.3, 0.4) is 0 Å². The second-order valence-corrected chi connectivity index (χ2v) is 7.87. The fourth-order valence-corrected chi connectivity index (χ4v) is 3.53. The second-order valence-electron chi connectivity index (χ2n) is 7.87. The minimum absolute atomic E-state index is 0.0569. The number of amides is 1. The normalized spacial score (nSPS) is 24.4. The number of carbonyl (C=O) groups excluding carboxylic acids is 1. The molecule has 3 unspecified atom stereocenters. The molecule has 1 aliphatic rings. The Balaban J connectivity index is 2.36. The summed E-state index contributed by atoms with van der Waals surface area (Å²) in [5, 5.41) is 12.2. The molecule has 0 bridgehead atoms. The summed E-state index contributed by atoms with van der Waals surface area (Å²) in [5.74, 6) is -0.493. The SMILES string of the molecule is CC(CC(=O)NCC1CCCCC1C(=O)O)CC(C)(C)C. The van der Waals surface area contributed by atoms with Crippen molar-refractivity contribution >= 4 is 11.9 Å². The number of hydrogen-bond acceptors (Lipinski definition) is 2. The van der Waals surface area contributed by atoms with E-state index in [1.54, 1.807) is 0 Å².